The number of nitrogens with one attached hydrogen (secondary N) is 1. The molecule has 0 heterocycles. The summed E-state index contributed by atoms with van der Waals surface area (Å²) in [6, 6.07) is 5.14. The fourth-order valence-corrected chi connectivity index (χ4v) is 2.67. The van der Waals surface area contributed by atoms with E-state index in [4.69, 9.17) is 0 Å². The Morgan fingerprint density at radius 3 is 2.33 bits per heavy atom. The number of hydrogen-bond donors (Lipinski definition) is 1. The molecule has 5 heteroatoms. The van der Waals surface area contributed by atoms with Crippen LogP contribution in [0, 0.1) is 10.1 Å². The lowest BCUT2D eigenvalue weighted by atomic mass is 10.0. The molecule has 0 fully saturated rings. The van der Waals surface area contributed by atoms with Crippen LogP contribution in [0.25, 0.3) is 0 Å². The first kappa shape index (κ1) is 20.1. The van der Waals surface area contributed by atoms with Gasteiger partial charge in [-0.3, -0.25) is 14.9 Å². The Balaban J connectivity index is 2.62. The van der Waals surface area contributed by atoms with Gasteiger partial charge in [-0.2, -0.15) is 0 Å². The van der Waals surface area contributed by atoms with Crippen molar-refractivity contribution in [1.29, 1.82) is 0 Å². The van der Waals surface area contributed by atoms with Crippen molar-refractivity contribution in [1.82, 2.24) is 0 Å². The molecule has 5 nitrogen and oxygen atoms in total. The number of benzene rings is 1. The Hall–Kier alpha value is -1.91. The van der Waals surface area contributed by atoms with E-state index in [2.05, 4.69) is 19.2 Å². The van der Waals surface area contributed by atoms with Gasteiger partial charge in [0.05, 0.1) is 4.92 Å². The van der Waals surface area contributed by atoms with E-state index in [1.54, 1.807) is 12.1 Å². The normalized spacial score (nSPS) is 10.6. The number of nitro groups is 1. The average molecular weight is 334 g/mol. The topological polar surface area (TPSA) is 72.2 Å². The van der Waals surface area contributed by atoms with Crippen LogP contribution in [0.5, 0.6) is 0 Å². The third kappa shape index (κ3) is 7.57. The Kier molecular flexibility index (Phi) is 9.73. The smallest absolute Gasteiger partial charge is 0.293 e. The molecule has 1 aromatic rings. The molecule has 0 aliphatic carbocycles. The van der Waals surface area contributed by atoms with Crippen LogP contribution in [0.2, 0.25) is 0 Å². The fourth-order valence-electron chi connectivity index (χ4n) is 2.67. The summed E-state index contributed by atoms with van der Waals surface area (Å²) < 4.78 is 0. The summed E-state index contributed by atoms with van der Waals surface area (Å²) in [7, 11) is 0. The first-order chi connectivity index (χ1) is 11.6. The maximum absolute atomic E-state index is 11.9. The zero-order chi connectivity index (χ0) is 17.8. The molecule has 1 aromatic carbocycles. The summed E-state index contributed by atoms with van der Waals surface area (Å²) in [6.07, 6.45) is 9.85. The number of rotatable bonds is 12. The number of anilines is 1. The second-order valence-electron chi connectivity index (χ2n) is 6.28. The monoisotopic (exact) mass is 334 g/mol. The van der Waals surface area contributed by atoms with Crippen LogP contribution in [-0.2, 0) is 11.2 Å². The zero-order valence-corrected chi connectivity index (χ0v) is 15.0. The molecular formula is C19H30N2O3. The molecule has 24 heavy (non-hydrogen) atoms. The highest BCUT2D eigenvalue weighted by molar-refractivity contribution is 5.93. The Bertz CT molecular complexity index is 529. The summed E-state index contributed by atoms with van der Waals surface area (Å²) in [6.45, 7) is 4.28. The molecule has 1 rings (SSSR count). The molecule has 134 valence electrons. The van der Waals surface area contributed by atoms with Crippen LogP contribution in [-0.4, -0.2) is 10.8 Å². The molecule has 0 spiro atoms. The molecule has 0 unspecified atom stereocenters. The van der Waals surface area contributed by atoms with E-state index in [9.17, 15) is 14.9 Å². The van der Waals surface area contributed by atoms with E-state index in [1.807, 2.05) is 6.07 Å². The summed E-state index contributed by atoms with van der Waals surface area (Å²) in [5, 5.41) is 14.0. The van der Waals surface area contributed by atoms with Gasteiger partial charge in [0.15, 0.2) is 0 Å². The van der Waals surface area contributed by atoms with E-state index in [0.717, 1.165) is 50.5 Å². The average Bonchev–Trinajstić information content (AvgIpc) is 2.56. The van der Waals surface area contributed by atoms with Crippen molar-refractivity contribution in [2.45, 2.75) is 78.1 Å². The number of carbonyl (C=O) groups is 1. The number of nitrogens with zero attached hydrogens (tertiary/aromatic N) is 1. The molecule has 0 aromatic heterocycles. The molecule has 0 bridgehead atoms. The highest BCUT2D eigenvalue weighted by Crippen LogP contribution is 2.26. The first-order valence-electron chi connectivity index (χ1n) is 9.15. The summed E-state index contributed by atoms with van der Waals surface area (Å²) in [5.74, 6) is -0.148. The van der Waals surface area contributed by atoms with Crippen molar-refractivity contribution >= 4 is 17.3 Å². The van der Waals surface area contributed by atoms with Crippen LogP contribution in [0.3, 0.4) is 0 Å². The minimum Gasteiger partial charge on any atom is -0.320 e. The van der Waals surface area contributed by atoms with Crippen LogP contribution in [0.4, 0.5) is 11.4 Å². The Morgan fingerprint density at radius 1 is 1.04 bits per heavy atom. The summed E-state index contributed by atoms with van der Waals surface area (Å²) in [4.78, 5) is 22.8. The number of nitro benzene ring substituents is 1. The van der Waals surface area contributed by atoms with Crippen molar-refractivity contribution < 1.29 is 9.72 Å². The van der Waals surface area contributed by atoms with E-state index >= 15 is 0 Å². The molecule has 0 aliphatic rings. The quantitative estimate of drug-likeness (QED) is 0.306. The highest BCUT2D eigenvalue weighted by atomic mass is 16.6. The van der Waals surface area contributed by atoms with Gasteiger partial charge < -0.3 is 5.32 Å². The minimum absolute atomic E-state index is 0.00935. The van der Waals surface area contributed by atoms with Crippen LogP contribution >= 0.6 is 0 Å². The van der Waals surface area contributed by atoms with Crippen molar-refractivity contribution in [3.63, 3.8) is 0 Å². The van der Waals surface area contributed by atoms with Crippen LogP contribution < -0.4 is 5.32 Å². The van der Waals surface area contributed by atoms with E-state index in [0.29, 0.717) is 12.1 Å². The number of aryl methyl sites for hydroxylation is 1. The van der Waals surface area contributed by atoms with Gasteiger partial charge in [-0.25, -0.2) is 0 Å². The predicted molar refractivity (Wildman–Crippen MR) is 98.3 cm³/mol. The van der Waals surface area contributed by atoms with Gasteiger partial charge in [0, 0.05) is 12.5 Å². The molecule has 1 amide bonds. The third-order valence-corrected chi connectivity index (χ3v) is 4.11. The second kappa shape index (κ2) is 11.6. The first-order valence-corrected chi connectivity index (χ1v) is 9.15. The molecule has 0 aliphatic heterocycles. The molecule has 0 saturated carbocycles. The standard InChI is InChI=1S/C19H30N2O3/c1-3-5-7-9-11-16-13-14-17(18(15-16)21(23)24)20-19(22)12-10-8-6-4-2/h13-15H,3-12H2,1-2H3,(H,20,22). The SMILES string of the molecule is CCCCCCC(=O)Nc1ccc(CCCCCC)cc1[N+](=O)[O-]. The fraction of sp³-hybridized carbons (Fsp3) is 0.632. The van der Waals surface area contributed by atoms with Gasteiger partial charge in [0.2, 0.25) is 5.91 Å². The van der Waals surface area contributed by atoms with Crippen LogP contribution in [0.1, 0.15) is 77.2 Å². The maximum atomic E-state index is 11.9. The van der Waals surface area contributed by atoms with Gasteiger partial charge in [0.25, 0.3) is 5.69 Å². The van der Waals surface area contributed by atoms with Gasteiger partial charge in [-0.05, 0) is 30.9 Å². The van der Waals surface area contributed by atoms with E-state index < -0.39 is 4.92 Å². The Morgan fingerprint density at radius 2 is 1.71 bits per heavy atom. The summed E-state index contributed by atoms with van der Waals surface area (Å²) in [5.41, 5.74) is 1.25. The van der Waals surface area contributed by atoms with Gasteiger partial charge in [-0.1, -0.05) is 58.4 Å². The highest BCUT2D eigenvalue weighted by Gasteiger charge is 2.16. The maximum Gasteiger partial charge on any atom is 0.293 e. The van der Waals surface area contributed by atoms with E-state index in [1.165, 1.54) is 12.8 Å². The molecule has 0 radical (unpaired) electrons. The van der Waals surface area contributed by atoms with Crippen molar-refractivity contribution in [2.75, 3.05) is 5.32 Å². The number of carbonyl (C=O) groups excluding carboxylic acids is 1. The lowest BCUT2D eigenvalue weighted by molar-refractivity contribution is -0.384. The predicted octanol–water partition coefficient (Wildman–Crippen LogP) is 5.63. The van der Waals surface area contributed by atoms with Gasteiger partial charge >= 0.3 is 0 Å². The number of unbranched alkanes of at least 4 members (excludes halogenated alkanes) is 6. The molecule has 0 saturated heterocycles. The minimum atomic E-state index is -0.414. The molecular weight excluding hydrogens is 304 g/mol. The number of amides is 1. The van der Waals surface area contributed by atoms with Gasteiger partial charge in [0.1, 0.15) is 5.69 Å². The third-order valence-electron chi connectivity index (χ3n) is 4.11. The van der Waals surface area contributed by atoms with Gasteiger partial charge in [-0.15, -0.1) is 0 Å². The number of hydrogen-bond acceptors (Lipinski definition) is 3. The van der Waals surface area contributed by atoms with Crippen molar-refractivity contribution in [2.24, 2.45) is 0 Å². The zero-order valence-electron chi connectivity index (χ0n) is 15.0. The lowest BCUT2D eigenvalue weighted by Gasteiger charge is -2.08. The van der Waals surface area contributed by atoms with Crippen molar-refractivity contribution in [3.8, 4) is 0 Å². The molecule has 0 atom stereocenters. The second-order valence-corrected chi connectivity index (χ2v) is 6.28. The Labute approximate surface area is 145 Å². The van der Waals surface area contributed by atoms with Crippen molar-refractivity contribution in [3.05, 3.63) is 33.9 Å². The largest absolute Gasteiger partial charge is 0.320 e. The van der Waals surface area contributed by atoms with Crippen LogP contribution in [0.15, 0.2) is 18.2 Å². The lowest BCUT2D eigenvalue weighted by Crippen LogP contribution is -2.12. The van der Waals surface area contributed by atoms with E-state index in [-0.39, 0.29) is 11.6 Å². The summed E-state index contributed by atoms with van der Waals surface area (Å²) >= 11 is 0. The molecule has 1 N–H and O–H groups in total.